The van der Waals surface area contributed by atoms with Crippen molar-refractivity contribution in [3.8, 4) is 0 Å². The number of benzene rings is 1. The zero-order valence-corrected chi connectivity index (χ0v) is 11.7. The van der Waals surface area contributed by atoms with Crippen LogP contribution in [-0.2, 0) is 9.47 Å². The predicted molar refractivity (Wildman–Crippen MR) is 76.5 cm³/mol. The Morgan fingerprint density at radius 1 is 1.40 bits per heavy atom. The van der Waals surface area contributed by atoms with Crippen LogP contribution in [0.1, 0.15) is 43.0 Å². The topological polar surface area (TPSA) is 38.8 Å². The van der Waals surface area contributed by atoms with Gasteiger partial charge < -0.3 is 9.47 Å². The van der Waals surface area contributed by atoms with Crippen molar-refractivity contribution in [1.82, 2.24) is 0 Å². The van der Waals surface area contributed by atoms with Crippen molar-refractivity contribution in [2.45, 2.75) is 50.4 Å². The molecule has 1 heterocycles. The summed E-state index contributed by atoms with van der Waals surface area (Å²) in [5.41, 5.74) is 0.353. The minimum atomic E-state index is -0.255. The number of carbonyl (C=O) groups is 1. The molecule has 20 heavy (non-hydrogen) atoms. The van der Waals surface area contributed by atoms with Gasteiger partial charge in [0.2, 0.25) is 0 Å². The molecular weight excluding hydrogens is 252 g/mol. The van der Waals surface area contributed by atoms with Gasteiger partial charge in [-0.1, -0.05) is 30.4 Å². The first-order valence-electron chi connectivity index (χ1n) is 7.31. The Kier molecular flexibility index (Phi) is 3.62. The highest BCUT2D eigenvalue weighted by Gasteiger charge is 2.63. The van der Waals surface area contributed by atoms with E-state index < -0.39 is 0 Å². The van der Waals surface area contributed by atoms with Crippen molar-refractivity contribution < 1.29 is 14.3 Å². The maximum absolute atomic E-state index is 12.2. The van der Waals surface area contributed by atoms with Crippen molar-refractivity contribution in [2.24, 2.45) is 0 Å². The van der Waals surface area contributed by atoms with E-state index in [-0.39, 0.29) is 23.8 Å². The molecule has 1 aliphatic heterocycles. The highest BCUT2D eigenvalue weighted by molar-refractivity contribution is 5.89. The normalized spacial score (nSPS) is 31.9. The second-order valence-electron chi connectivity index (χ2n) is 5.53. The number of carbonyl (C=O) groups excluding carboxylic acids is 1. The lowest BCUT2D eigenvalue weighted by molar-refractivity contribution is 0.000413. The summed E-state index contributed by atoms with van der Waals surface area (Å²) in [5, 5.41) is 0. The molecule has 0 amide bonds. The lowest BCUT2D eigenvalue weighted by atomic mass is 9.84. The van der Waals surface area contributed by atoms with Crippen LogP contribution in [0.15, 0.2) is 42.5 Å². The molecule has 1 saturated carbocycles. The third-order valence-corrected chi connectivity index (χ3v) is 4.26. The van der Waals surface area contributed by atoms with Crippen LogP contribution in [0, 0.1) is 0 Å². The molecule has 0 bridgehead atoms. The smallest absolute Gasteiger partial charge is 0.338 e. The maximum atomic E-state index is 12.2. The van der Waals surface area contributed by atoms with Crippen molar-refractivity contribution in [2.75, 3.05) is 0 Å². The highest BCUT2D eigenvalue weighted by Crippen LogP contribution is 2.51. The van der Waals surface area contributed by atoms with Crippen molar-refractivity contribution in [3.05, 3.63) is 48.0 Å². The van der Waals surface area contributed by atoms with Crippen LogP contribution in [0.5, 0.6) is 0 Å². The molecule has 3 atom stereocenters. The van der Waals surface area contributed by atoms with E-state index in [0.717, 1.165) is 25.7 Å². The molecule has 2 aliphatic rings. The second kappa shape index (κ2) is 5.41. The predicted octanol–water partition coefficient (Wildman–Crippen LogP) is 3.50. The van der Waals surface area contributed by atoms with Gasteiger partial charge in [-0.25, -0.2) is 4.79 Å². The van der Waals surface area contributed by atoms with Gasteiger partial charge in [0.05, 0.1) is 11.7 Å². The zero-order chi connectivity index (χ0) is 14.0. The number of esters is 1. The molecular formula is C17H20O3. The molecule has 1 aromatic carbocycles. The molecule has 0 spiro atoms. The second-order valence-corrected chi connectivity index (χ2v) is 5.53. The standard InChI is InChI=1S/C17H20O3/c1-2-3-12-17-14(10-7-11-15(17)20-17)19-16(18)13-8-5-4-6-9-13/h2-6,8-9,14-15H,7,10-12H2,1H3/b3-2+/t14-,15+,17-/m1/s1. The number of rotatable bonds is 4. The summed E-state index contributed by atoms with van der Waals surface area (Å²) in [6.45, 7) is 2.00. The van der Waals surface area contributed by atoms with Crippen molar-refractivity contribution in [1.29, 1.82) is 0 Å². The van der Waals surface area contributed by atoms with Crippen LogP contribution in [0.4, 0.5) is 0 Å². The van der Waals surface area contributed by atoms with E-state index in [4.69, 9.17) is 9.47 Å². The van der Waals surface area contributed by atoms with Gasteiger partial charge in [-0.2, -0.15) is 0 Å². The Balaban J connectivity index is 1.71. The third-order valence-electron chi connectivity index (χ3n) is 4.26. The molecule has 1 aromatic rings. The maximum Gasteiger partial charge on any atom is 0.338 e. The van der Waals surface area contributed by atoms with Gasteiger partial charge in [-0.3, -0.25) is 0 Å². The highest BCUT2D eigenvalue weighted by atomic mass is 16.6. The Hall–Kier alpha value is -1.61. The van der Waals surface area contributed by atoms with Gasteiger partial charge in [0, 0.05) is 6.42 Å². The van der Waals surface area contributed by atoms with Gasteiger partial charge in [-0.15, -0.1) is 0 Å². The van der Waals surface area contributed by atoms with E-state index in [1.165, 1.54) is 0 Å². The van der Waals surface area contributed by atoms with Crippen LogP contribution >= 0.6 is 0 Å². The number of allylic oxidation sites excluding steroid dienone is 1. The number of hydrogen-bond acceptors (Lipinski definition) is 3. The quantitative estimate of drug-likeness (QED) is 0.478. The number of ether oxygens (including phenoxy) is 2. The van der Waals surface area contributed by atoms with Gasteiger partial charge in [0.25, 0.3) is 0 Å². The molecule has 3 heteroatoms. The summed E-state index contributed by atoms with van der Waals surface area (Å²) in [6.07, 6.45) is 8.15. The van der Waals surface area contributed by atoms with Crippen LogP contribution in [0.25, 0.3) is 0 Å². The first-order valence-corrected chi connectivity index (χ1v) is 7.31. The summed E-state index contributed by atoms with van der Waals surface area (Å²) in [4.78, 5) is 12.2. The first kappa shape index (κ1) is 13.4. The Morgan fingerprint density at radius 2 is 2.20 bits per heavy atom. The average molecular weight is 272 g/mol. The molecule has 2 fully saturated rings. The molecule has 0 aromatic heterocycles. The minimum absolute atomic E-state index is 0.120. The summed E-state index contributed by atoms with van der Waals surface area (Å²) >= 11 is 0. The lowest BCUT2D eigenvalue weighted by Crippen LogP contribution is -2.39. The fourth-order valence-electron chi connectivity index (χ4n) is 3.09. The minimum Gasteiger partial charge on any atom is -0.456 e. The van der Waals surface area contributed by atoms with Crippen molar-refractivity contribution >= 4 is 5.97 Å². The van der Waals surface area contributed by atoms with Crippen molar-refractivity contribution in [3.63, 3.8) is 0 Å². The average Bonchev–Trinajstić information content (AvgIpc) is 3.22. The van der Waals surface area contributed by atoms with Gasteiger partial charge in [0.15, 0.2) is 0 Å². The summed E-state index contributed by atoms with van der Waals surface area (Å²) < 4.78 is 11.6. The van der Waals surface area contributed by atoms with Gasteiger partial charge >= 0.3 is 5.97 Å². The monoisotopic (exact) mass is 272 g/mol. The van der Waals surface area contributed by atoms with E-state index in [2.05, 4.69) is 6.08 Å². The fraction of sp³-hybridized carbons (Fsp3) is 0.471. The van der Waals surface area contributed by atoms with E-state index in [0.29, 0.717) is 5.56 Å². The van der Waals surface area contributed by atoms with Crippen LogP contribution < -0.4 is 0 Å². The van der Waals surface area contributed by atoms with Gasteiger partial charge in [-0.05, 0) is 38.3 Å². The van der Waals surface area contributed by atoms with E-state index in [1.54, 1.807) is 12.1 Å². The third kappa shape index (κ3) is 2.38. The van der Waals surface area contributed by atoms with E-state index in [9.17, 15) is 4.79 Å². The Morgan fingerprint density at radius 3 is 2.95 bits per heavy atom. The van der Waals surface area contributed by atoms with Crippen LogP contribution in [-0.4, -0.2) is 23.8 Å². The molecule has 1 aliphatic carbocycles. The fourth-order valence-corrected chi connectivity index (χ4v) is 3.09. The van der Waals surface area contributed by atoms with E-state index in [1.807, 2.05) is 31.2 Å². The number of fused-ring (bicyclic) bond motifs is 1. The summed E-state index contributed by atoms with van der Waals surface area (Å²) in [5.74, 6) is -0.244. The molecule has 1 saturated heterocycles. The number of epoxide rings is 1. The molecule has 0 N–H and O–H groups in total. The van der Waals surface area contributed by atoms with E-state index >= 15 is 0 Å². The molecule has 0 unspecified atom stereocenters. The molecule has 106 valence electrons. The molecule has 0 radical (unpaired) electrons. The molecule has 3 nitrogen and oxygen atoms in total. The Bertz CT molecular complexity index is 508. The lowest BCUT2D eigenvalue weighted by Gasteiger charge is -2.27. The largest absolute Gasteiger partial charge is 0.456 e. The number of hydrogen-bond donors (Lipinski definition) is 0. The Labute approximate surface area is 119 Å². The zero-order valence-electron chi connectivity index (χ0n) is 11.7. The summed E-state index contributed by atoms with van der Waals surface area (Å²) in [6, 6.07) is 9.17. The van der Waals surface area contributed by atoms with Crippen LogP contribution in [0.3, 0.4) is 0 Å². The molecule has 3 rings (SSSR count). The SMILES string of the molecule is C/C=C/C[C@]12O[C@H]1CCC[C@H]2OC(=O)c1ccccc1. The van der Waals surface area contributed by atoms with Gasteiger partial charge in [0.1, 0.15) is 11.7 Å². The van der Waals surface area contributed by atoms with Crippen LogP contribution in [0.2, 0.25) is 0 Å². The first-order chi connectivity index (χ1) is 9.76. The summed E-state index contributed by atoms with van der Waals surface area (Å²) in [7, 11) is 0.